The maximum Gasteiger partial charge on any atom is 0.0794 e. The van der Waals surface area contributed by atoms with Crippen LogP contribution < -0.4 is 0 Å². The van der Waals surface area contributed by atoms with Crippen molar-refractivity contribution in [3.05, 3.63) is 164 Å². The summed E-state index contributed by atoms with van der Waals surface area (Å²) in [7, 11) is 0. The van der Waals surface area contributed by atoms with Gasteiger partial charge in [0.15, 0.2) is 0 Å². The van der Waals surface area contributed by atoms with Crippen LogP contribution in [0.1, 0.15) is 0 Å². The fraction of sp³-hybridized carbons (Fsp3) is 0. The average molecular weight is 614 g/mol. The second-order valence-corrected chi connectivity index (χ2v) is 13.3. The molecule has 2 aromatic heterocycles. The molecule has 10 aromatic rings. The summed E-state index contributed by atoms with van der Waals surface area (Å²) >= 11 is 1.90. The van der Waals surface area contributed by atoms with Crippen molar-refractivity contribution in [3.63, 3.8) is 0 Å². The zero-order chi connectivity index (χ0) is 30.9. The van der Waals surface area contributed by atoms with E-state index in [-0.39, 0.29) is 0 Å². The van der Waals surface area contributed by atoms with E-state index in [0.29, 0.717) is 0 Å². The molecule has 0 radical (unpaired) electrons. The molecule has 0 atom stereocenters. The molecule has 0 aliphatic carbocycles. The highest BCUT2D eigenvalue weighted by molar-refractivity contribution is 7.26. The van der Waals surface area contributed by atoms with E-state index in [9.17, 15) is 0 Å². The molecule has 0 saturated carbocycles. The SMILES string of the molecule is c1cc(-c2ccc3c4ccccc4c4ccccc4c3n2)cc(-c2cccc3c2sc2c(-c4cccc5ccccc45)cccc23)c1. The molecule has 0 amide bonds. The normalized spacial score (nSPS) is 11.8. The quantitative estimate of drug-likeness (QED) is 0.181. The standard InChI is InChI=1S/C45H27NS/c1-2-15-31-28(11-1)12-8-21-33(31)39-22-10-24-41-40-23-9-20-32(44(40)47-45(39)41)29-13-7-14-30(27-29)42-26-25-38-36-18-4-3-16-34(36)35-17-5-6-19-37(35)43(38)46-42/h1-27H. The van der Waals surface area contributed by atoms with Gasteiger partial charge in [0.25, 0.3) is 0 Å². The third-order valence-corrected chi connectivity index (χ3v) is 10.9. The smallest absolute Gasteiger partial charge is 0.0794 e. The van der Waals surface area contributed by atoms with Crippen LogP contribution in [0.5, 0.6) is 0 Å². The Balaban J connectivity index is 1.15. The Labute approximate surface area is 276 Å². The van der Waals surface area contributed by atoms with E-state index in [1.165, 1.54) is 80.1 Å². The predicted octanol–water partition coefficient (Wildman–Crippen LogP) is 13.1. The van der Waals surface area contributed by atoms with Gasteiger partial charge in [-0.3, -0.25) is 0 Å². The zero-order valence-electron chi connectivity index (χ0n) is 25.4. The third-order valence-electron chi connectivity index (χ3n) is 9.66. The summed E-state index contributed by atoms with van der Waals surface area (Å²) in [6.45, 7) is 0. The lowest BCUT2D eigenvalue weighted by atomic mass is 9.95. The van der Waals surface area contributed by atoms with Crippen LogP contribution in [0.15, 0.2) is 164 Å². The molecule has 0 bridgehead atoms. The van der Waals surface area contributed by atoms with Crippen LogP contribution in [0.2, 0.25) is 0 Å². The first-order valence-corrected chi connectivity index (χ1v) is 16.9. The summed E-state index contributed by atoms with van der Waals surface area (Å²) in [5.41, 5.74) is 8.20. The first-order chi connectivity index (χ1) is 23.3. The summed E-state index contributed by atoms with van der Waals surface area (Å²) in [5.74, 6) is 0. The molecule has 0 aliphatic heterocycles. The summed E-state index contributed by atoms with van der Waals surface area (Å²) in [6, 6.07) is 59.4. The van der Waals surface area contributed by atoms with Gasteiger partial charge in [-0.15, -0.1) is 11.3 Å². The van der Waals surface area contributed by atoms with Crippen molar-refractivity contribution in [1.29, 1.82) is 0 Å². The number of rotatable bonds is 3. The second kappa shape index (κ2) is 10.3. The lowest BCUT2D eigenvalue weighted by molar-refractivity contribution is 1.41. The van der Waals surface area contributed by atoms with Crippen molar-refractivity contribution < 1.29 is 0 Å². The van der Waals surface area contributed by atoms with Crippen molar-refractivity contribution >= 4 is 74.7 Å². The molecule has 2 heteroatoms. The van der Waals surface area contributed by atoms with Crippen LogP contribution >= 0.6 is 11.3 Å². The maximum absolute atomic E-state index is 5.33. The van der Waals surface area contributed by atoms with Gasteiger partial charge in [-0.25, -0.2) is 4.98 Å². The molecule has 218 valence electrons. The Hall–Kier alpha value is -5.83. The van der Waals surface area contributed by atoms with Crippen LogP contribution in [0, 0.1) is 0 Å². The number of aromatic nitrogens is 1. The maximum atomic E-state index is 5.33. The Morgan fingerprint density at radius 2 is 0.851 bits per heavy atom. The molecule has 0 aliphatic rings. The number of hydrogen-bond acceptors (Lipinski definition) is 2. The van der Waals surface area contributed by atoms with Crippen molar-refractivity contribution in [1.82, 2.24) is 4.98 Å². The predicted molar refractivity (Wildman–Crippen MR) is 203 cm³/mol. The number of thiophene rings is 1. The molecular weight excluding hydrogens is 587 g/mol. The third kappa shape index (κ3) is 4.05. The minimum atomic E-state index is 0.988. The van der Waals surface area contributed by atoms with E-state index in [1.807, 2.05) is 11.3 Å². The topological polar surface area (TPSA) is 12.9 Å². The van der Waals surface area contributed by atoms with Gasteiger partial charge in [0.05, 0.1) is 11.2 Å². The lowest BCUT2D eigenvalue weighted by Crippen LogP contribution is -1.90. The van der Waals surface area contributed by atoms with Gasteiger partial charge < -0.3 is 0 Å². The Morgan fingerprint density at radius 3 is 1.64 bits per heavy atom. The van der Waals surface area contributed by atoms with Crippen LogP contribution in [-0.2, 0) is 0 Å². The van der Waals surface area contributed by atoms with Gasteiger partial charge in [0, 0.05) is 42.1 Å². The zero-order valence-corrected chi connectivity index (χ0v) is 26.3. The average Bonchev–Trinajstić information content (AvgIpc) is 3.54. The summed E-state index contributed by atoms with van der Waals surface area (Å²) in [5, 5.41) is 11.3. The molecule has 8 aromatic carbocycles. The van der Waals surface area contributed by atoms with E-state index >= 15 is 0 Å². The van der Waals surface area contributed by atoms with E-state index < -0.39 is 0 Å². The van der Waals surface area contributed by atoms with Gasteiger partial charge in [-0.05, 0) is 61.8 Å². The van der Waals surface area contributed by atoms with Gasteiger partial charge in [-0.1, -0.05) is 146 Å². The molecule has 0 spiro atoms. The van der Waals surface area contributed by atoms with Gasteiger partial charge in [0.1, 0.15) is 0 Å². The molecule has 1 nitrogen and oxygen atoms in total. The number of fused-ring (bicyclic) bond motifs is 10. The minimum Gasteiger partial charge on any atom is -0.247 e. The Kier molecular flexibility index (Phi) is 5.81. The molecule has 47 heavy (non-hydrogen) atoms. The number of nitrogens with zero attached hydrogens (tertiary/aromatic N) is 1. The van der Waals surface area contributed by atoms with E-state index in [1.54, 1.807) is 0 Å². The highest BCUT2D eigenvalue weighted by atomic mass is 32.1. The first kappa shape index (κ1) is 26.4. The van der Waals surface area contributed by atoms with Crippen LogP contribution in [-0.4, -0.2) is 4.98 Å². The molecular formula is C45H27NS. The van der Waals surface area contributed by atoms with E-state index in [4.69, 9.17) is 4.98 Å². The van der Waals surface area contributed by atoms with Gasteiger partial charge >= 0.3 is 0 Å². The molecule has 2 heterocycles. The Bertz CT molecular complexity index is 2820. The Morgan fingerprint density at radius 1 is 0.340 bits per heavy atom. The van der Waals surface area contributed by atoms with Crippen molar-refractivity contribution in [2.24, 2.45) is 0 Å². The number of pyridine rings is 1. The fourth-order valence-electron chi connectivity index (χ4n) is 7.49. The van der Waals surface area contributed by atoms with Crippen LogP contribution in [0.3, 0.4) is 0 Å². The lowest BCUT2D eigenvalue weighted by Gasteiger charge is -2.12. The van der Waals surface area contributed by atoms with E-state index in [0.717, 1.165) is 16.8 Å². The second-order valence-electron chi connectivity index (χ2n) is 12.3. The fourth-order valence-corrected chi connectivity index (χ4v) is 8.85. The highest BCUT2D eigenvalue weighted by Crippen LogP contribution is 2.45. The van der Waals surface area contributed by atoms with Gasteiger partial charge in [0.2, 0.25) is 0 Å². The first-order valence-electron chi connectivity index (χ1n) is 16.1. The molecule has 0 N–H and O–H groups in total. The molecule has 0 saturated heterocycles. The molecule has 10 rings (SSSR count). The molecule has 0 unspecified atom stereocenters. The summed E-state index contributed by atoms with van der Waals surface area (Å²) in [4.78, 5) is 5.33. The monoisotopic (exact) mass is 613 g/mol. The van der Waals surface area contributed by atoms with Crippen molar-refractivity contribution in [2.75, 3.05) is 0 Å². The number of hydrogen-bond donors (Lipinski definition) is 0. The van der Waals surface area contributed by atoms with Crippen molar-refractivity contribution in [3.8, 4) is 33.5 Å². The summed E-state index contributed by atoms with van der Waals surface area (Å²) in [6.07, 6.45) is 0. The summed E-state index contributed by atoms with van der Waals surface area (Å²) < 4.78 is 2.65. The minimum absolute atomic E-state index is 0.988. The molecule has 0 fully saturated rings. The van der Waals surface area contributed by atoms with Crippen molar-refractivity contribution in [2.45, 2.75) is 0 Å². The highest BCUT2D eigenvalue weighted by Gasteiger charge is 2.16. The largest absolute Gasteiger partial charge is 0.247 e. The number of benzene rings is 8. The van der Waals surface area contributed by atoms with Crippen LogP contribution in [0.4, 0.5) is 0 Å². The van der Waals surface area contributed by atoms with Gasteiger partial charge in [-0.2, -0.15) is 0 Å². The van der Waals surface area contributed by atoms with E-state index in [2.05, 4.69) is 164 Å². The van der Waals surface area contributed by atoms with Crippen LogP contribution in [0.25, 0.3) is 96.9 Å².